The van der Waals surface area contributed by atoms with Crippen molar-refractivity contribution in [1.29, 1.82) is 0 Å². The average Bonchev–Trinajstić information content (AvgIpc) is 2.56. The van der Waals surface area contributed by atoms with Crippen LogP contribution in [0.4, 0.5) is 0 Å². The van der Waals surface area contributed by atoms with E-state index in [1.807, 2.05) is 36.4 Å². The van der Waals surface area contributed by atoms with Gasteiger partial charge in [0.25, 0.3) is 0 Å². The van der Waals surface area contributed by atoms with Gasteiger partial charge in [0, 0.05) is 0 Å². The lowest BCUT2D eigenvalue weighted by Crippen LogP contribution is -1.99. The van der Waals surface area contributed by atoms with E-state index in [4.69, 9.17) is 9.68 Å². The molecular weight excluding hydrogens is 259 g/mol. The first kappa shape index (κ1) is 13.5. The fraction of sp³-hybridized carbons (Fsp3) is 0. The molecule has 3 aromatic rings. The van der Waals surface area contributed by atoms with E-state index in [1.54, 1.807) is 6.07 Å². The number of benzene rings is 3. The van der Waals surface area contributed by atoms with E-state index in [1.165, 1.54) is 11.1 Å². The Labute approximate surface area is 125 Å². The van der Waals surface area contributed by atoms with E-state index in [0.29, 0.717) is 13.4 Å². The van der Waals surface area contributed by atoms with Crippen molar-refractivity contribution < 1.29 is 9.68 Å². The Kier molecular flexibility index (Phi) is 4.03. The lowest BCUT2D eigenvalue weighted by atomic mass is 10.0. The summed E-state index contributed by atoms with van der Waals surface area (Å²) in [5, 5.41) is 8.70. The van der Waals surface area contributed by atoms with Crippen molar-refractivity contribution in [3.63, 3.8) is 0 Å². The van der Waals surface area contributed by atoms with Crippen molar-refractivity contribution in [2.24, 2.45) is 0 Å². The van der Waals surface area contributed by atoms with Gasteiger partial charge in [0.15, 0.2) is 0 Å². The molecule has 0 aliphatic heterocycles. The van der Waals surface area contributed by atoms with Gasteiger partial charge in [-0.1, -0.05) is 66.7 Å². The van der Waals surface area contributed by atoms with Crippen LogP contribution in [0.25, 0.3) is 22.3 Å². The van der Waals surface area contributed by atoms with Crippen molar-refractivity contribution in [3.8, 4) is 28.0 Å². The monoisotopic (exact) mass is 273 g/mol. The maximum atomic E-state index is 8.70. The minimum absolute atomic E-state index is 0.613. The van der Waals surface area contributed by atoms with E-state index in [-0.39, 0.29) is 0 Å². The molecule has 0 atom stereocenters. The van der Waals surface area contributed by atoms with Crippen LogP contribution in [0.1, 0.15) is 0 Å². The van der Waals surface area contributed by atoms with Crippen LogP contribution in [0, 0.1) is 0 Å². The van der Waals surface area contributed by atoms with Gasteiger partial charge in [-0.25, -0.2) is 0 Å². The molecule has 3 rings (SSSR count). The van der Waals surface area contributed by atoms with Gasteiger partial charge in [-0.15, -0.1) is 0 Å². The zero-order chi connectivity index (χ0) is 14.5. The van der Waals surface area contributed by atoms with Gasteiger partial charge in [-0.2, -0.15) is 0 Å². The molecule has 101 valence electrons. The van der Waals surface area contributed by atoms with E-state index >= 15 is 0 Å². The lowest BCUT2D eigenvalue weighted by Gasteiger charge is -2.07. The third-order valence-electron chi connectivity index (χ3n) is 3.35. The van der Waals surface area contributed by atoms with Crippen LogP contribution in [-0.2, 0) is 0 Å². The van der Waals surface area contributed by atoms with Crippen molar-refractivity contribution in [1.82, 2.24) is 0 Å². The third-order valence-corrected chi connectivity index (χ3v) is 3.35. The molecule has 3 aromatic carbocycles. The molecule has 0 aromatic heterocycles. The molecule has 0 heterocycles. The molecule has 0 bridgehead atoms. The highest BCUT2D eigenvalue weighted by atomic mass is 16.5. The maximum absolute atomic E-state index is 8.70. The first-order chi connectivity index (χ1) is 10.4. The standard InChI is InChI=1S/C18H14BO2/c20-19-21-18-8-4-7-17(13-18)16-11-9-15(10-12-16)14-5-2-1-3-6-14/h1-13,20H. The predicted molar refractivity (Wildman–Crippen MR) is 85.9 cm³/mol. The molecule has 0 spiro atoms. The highest BCUT2D eigenvalue weighted by molar-refractivity contribution is 6.17. The largest absolute Gasteiger partial charge is 0.569 e. The first-order valence-corrected chi connectivity index (χ1v) is 6.75. The normalized spacial score (nSPS) is 10.1. The van der Waals surface area contributed by atoms with Crippen LogP contribution in [0.2, 0.25) is 0 Å². The summed E-state index contributed by atoms with van der Waals surface area (Å²) in [6.45, 7) is 0. The molecule has 2 nitrogen and oxygen atoms in total. The van der Waals surface area contributed by atoms with E-state index in [9.17, 15) is 0 Å². The summed E-state index contributed by atoms with van der Waals surface area (Å²) < 4.78 is 4.99. The molecule has 0 aliphatic carbocycles. The molecular formula is C18H14BO2. The van der Waals surface area contributed by atoms with Crippen LogP contribution in [-0.4, -0.2) is 12.7 Å². The molecule has 21 heavy (non-hydrogen) atoms. The van der Waals surface area contributed by atoms with Crippen molar-refractivity contribution in [3.05, 3.63) is 78.9 Å². The van der Waals surface area contributed by atoms with Gasteiger partial charge in [0.2, 0.25) is 0 Å². The van der Waals surface area contributed by atoms with Gasteiger partial charge >= 0.3 is 7.69 Å². The van der Waals surface area contributed by atoms with Gasteiger partial charge in [0.1, 0.15) is 5.75 Å². The van der Waals surface area contributed by atoms with Crippen LogP contribution < -0.4 is 4.65 Å². The summed E-state index contributed by atoms with van der Waals surface area (Å²) in [6.07, 6.45) is 0. The molecule has 0 fully saturated rings. The van der Waals surface area contributed by atoms with Gasteiger partial charge < -0.3 is 9.68 Å². The number of rotatable bonds is 4. The molecule has 0 saturated heterocycles. The van der Waals surface area contributed by atoms with Gasteiger partial charge in [-0.05, 0) is 34.4 Å². The Morgan fingerprint density at radius 2 is 1.19 bits per heavy atom. The summed E-state index contributed by atoms with van der Waals surface area (Å²) in [5.74, 6) is 0.613. The van der Waals surface area contributed by atoms with Crippen LogP contribution in [0.5, 0.6) is 5.75 Å². The highest BCUT2D eigenvalue weighted by Gasteiger charge is 2.02. The number of hydrogen-bond donors (Lipinski definition) is 1. The van der Waals surface area contributed by atoms with Gasteiger partial charge in [-0.3, -0.25) is 0 Å². The molecule has 0 amide bonds. The predicted octanol–water partition coefficient (Wildman–Crippen LogP) is 3.93. The molecule has 0 saturated carbocycles. The quantitative estimate of drug-likeness (QED) is 0.730. The van der Waals surface area contributed by atoms with Crippen molar-refractivity contribution in [2.75, 3.05) is 0 Å². The van der Waals surface area contributed by atoms with E-state index < -0.39 is 0 Å². The summed E-state index contributed by atoms with van der Waals surface area (Å²) in [7, 11) is 0.692. The molecule has 0 aliphatic rings. The lowest BCUT2D eigenvalue weighted by molar-refractivity contribution is 0.454. The highest BCUT2D eigenvalue weighted by Crippen LogP contribution is 2.26. The van der Waals surface area contributed by atoms with Crippen molar-refractivity contribution in [2.45, 2.75) is 0 Å². The second-order valence-corrected chi connectivity index (χ2v) is 4.69. The molecule has 1 radical (unpaired) electrons. The minimum atomic E-state index is 0.613. The summed E-state index contributed by atoms with van der Waals surface area (Å²) in [4.78, 5) is 0. The Morgan fingerprint density at radius 3 is 1.86 bits per heavy atom. The molecule has 3 heteroatoms. The smallest absolute Gasteiger partial charge is 0.537 e. The first-order valence-electron chi connectivity index (χ1n) is 6.75. The third kappa shape index (κ3) is 3.15. The van der Waals surface area contributed by atoms with Gasteiger partial charge in [0.05, 0.1) is 0 Å². The molecule has 0 unspecified atom stereocenters. The summed E-state index contributed by atoms with van der Waals surface area (Å²) in [6, 6.07) is 26.3. The van der Waals surface area contributed by atoms with E-state index in [0.717, 1.165) is 11.1 Å². The van der Waals surface area contributed by atoms with Crippen LogP contribution in [0.15, 0.2) is 78.9 Å². The summed E-state index contributed by atoms with van der Waals surface area (Å²) >= 11 is 0. The Balaban J connectivity index is 1.89. The zero-order valence-electron chi connectivity index (χ0n) is 11.4. The van der Waals surface area contributed by atoms with Crippen LogP contribution in [0.3, 0.4) is 0 Å². The topological polar surface area (TPSA) is 29.5 Å². The SMILES string of the molecule is O[B]Oc1cccc(-c2ccc(-c3ccccc3)cc2)c1. The van der Waals surface area contributed by atoms with Crippen LogP contribution >= 0.6 is 0 Å². The second kappa shape index (κ2) is 6.29. The second-order valence-electron chi connectivity index (χ2n) is 4.69. The Bertz CT molecular complexity index is 709. The summed E-state index contributed by atoms with van der Waals surface area (Å²) in [5.41, 5.74) is 4.55. The zero-order valence-corrected chi connectivity index (χ0v) is 11.4. The fourth-order valence-electron chi connectivity index (χ4n) is 2.30. The Morgan fingerprint density at radius 1 is 0.619 bits per heavy atom. The van der Waals surface area contributed by atoms with E-state index in [2.05, 4.69) is 36.4 Å². The Hall–Kier alpha value is -2.52. The van der Waals surface area contributed by atoms with Crippen molar-refractivity contribution >= 4 is 7.69 Å². The number of hydrogen-bond acceptors (Lipinski definition) is 2. The fourth-order valence-corrected chi connectivity index (χ4v) is 2.30. The minimum Gasteiger partial charge on any atom is -0.537 e. The maximum Gasteiger partial charge on any atom is 0.569 e. The molecule has 1 N–H and O–H groups in total. The average molecular weight is 273 g/mol.